The second-order valence-corrected chi connectivity index (χ2v) is 9.81. The number of ether oxygens (including phenoxy) is 2. The van der Waals surface area contributed by atoms with Crippen molar-refractivity contribution >= 4 is 51.7 Å². The number of fused-ring (bicyclic) bond motifs is 2. The third-order valence-electron chi connectivity index (χ3n) is 6.27. The van der Waals surface area contributed by atoms with Crippen molar-refractivity contribution in [1.29, 1.82) is 0 Å². The Hall–Kier alpha value is -4.15. The van der Waals surface area contributed by atoms with Gasteiger partial charge in [0.15, 0.2) is 11.5 Å². The van der Waals surface area contributed by atoms with Gasteiger partial charge in [-0.2, -0.15) is 0 Å². The number of hydrogen-bond acceptors (Lipinski definition) is 6. The van der Waals surface area contributed by atoms with Crippen LogP contribution in [0.25, 0.3) is 11.3 Å². The van der Waals surface area contributed by atoms with Crippen LogP contribution >= 0.6 is 11.6 Å². The highest BCUT2D eigenvalue weighted by molar-refractivity contribution is 6.38. The quantitative estimate of drug-likeness (QED) is 0.375. The predicted octanol–water partition coefficient (Wildman–Crippen LogP) is 5.51. The lowest BCUT2D eigenvalue weighted by Crippen LogP contribution is -2.35. The lowest BCUT2D eigenvalue weighted by Gasteiger charge is -2.23. The van der Waals surface area contributed by atoms with Crippen LogP contribution in [-0.2, 0) is 9.59 Å². The fraction of sp³-hybridized carbons (Fsp3) is 0.214. The Morgan fingerprint density at radius 3 is 2.41 bits per heavy atom. The molecular weight excluding hydrogens is 530 g/mol. The van der Waals surface area contributed by atoms with Crippen molar-refractivity contribution in [3.63, 3.8) is 0 Å². The normalized spacial score (nSPS) is 16.1. The summed E-state index contributed by atoms with van der Waals surface area (Å²) in [5.41, 5.74) is 3.53. The predicted molar refractivity (Wildman–Crippen MR) is 146 cm³/mol. The Bertz CT molecular complexity index is 1490. The molecule has 8 nitrogen and oxygen atoms in total. The van der Waals surface area contributed by atoms with Crippen LogP contribution in [0, 0.1) is 0 Å². The Labute approximate surface area is 228 Å². The number of anilines is 3. The van der Waals surface area contributed by atoms with Gasteiger partial charge in [0.1, 0.15) is 0 Å². The maximum Gasteiger partial charge on any atom is 0.586 e. The lowest BCUT2D eigenvalue weighted by molar-refractivity contribution is -0.286. The van der Waals surface area contributed by atoms with Crippen molar-refractivity contribution in [1.82, 2.24) is 4.90 Å². The molecule has 3 aromatic rings. The minimum absolute atomic E-state index is 0.0876. The molecule has 202 valence electrons. The zero-order valence-corrected chi connectivity index (χ0v) is 22.1. The maximum absolute atomic E-state index is 13.7. The number of benzene rings is 3. The number of nitrogens with zero attached hydrogens (tertiary/aromatic N) is 2. The summed E-state index contributed by atoms with van der Waals surface area (Å²) in [6.07, 6.45) is -3.78. The van der Waals surface area contributed by atoms with Gasteiger partial charge in [0, 0.05) is 47.5 Å². The average molecular weight is 555 g/mol. The fourth-order valence-electron chi connectivity index (χ4n) is 4.41. The topological polar surface area (TPSA) is 83.1 Å². The molecule has 2 heterocycles. The van der Waals surface area contributed by atoms with Crippen molar-refractivity contribution in [2.45, 2.75) is 13.2 Å². The number of rotatable bonds is 7. The van der Waals surface area contributed by atoms with E-state index < -0.39 is 6.29 Å². The molecule has 2 N–H and O–H groups in total. The van der Waals surface area contributed by atoms with E-state index in [0.29, 0.717) is 57.6 Å². The number of carbonyl (C=O) groups is 2. The smallest absolute Gasteiger partial charge is 0.395 e. The van der Waals surface area contributed by atoms with Gasteiger partial charge in [-0.1, -0.05) is 17.7 Å². The van der Waals surface area contributed by atoms with Gasteiger partial charge < -0.3 is 29.9 Å². The molecule has 2 aliphatic rings. The van der Waals surface area contributed by atoms with Crippen molar-refractivity contribution in [3.05, 3.63) is 76.8 Å². The number of amides is 2. The van der Waals surface area contributed by atoms with Crippen molar-refractivity contribution in [2.24, 2.45) is 0 Å². The van der Waals surface area contributed by atoms with E-state index in [2.05, 4.69) is 20.1 Å². The number of nitrogens with one attached hydrogen (secondary N) is 2. The van der Waals surface area contributed by atoms with Gasteiger partial charge in [-0.15, -0.1) is 8.78 Å². The van der Waals surface area contributed by atoms with Crippen molar-refractivity contribution < 1.29 is 27.8 Å². The van der Waals surface area contributed by atoms with E-state index in [1.165, 1.54) is 19.1 Å². The average Bonchev–Trinajstić information content (AvgIpc) is 3.35. The summed E-state index contributed by atoms with van der Waals surface area (Å²) in [6.45, 7) is 2.72. The molecule has 2 amide bonds. The van der Waals surface area contributed by atoms with E-state index in [-0.39, 0.29) is 23.3 Å². The van der Waals surface area contributed by atoms with Crippen LogP contribution in [-0.4, -0.2) is 50.2 Å². The standard InChI is InChI=1S/C28H25ClF2N4O4/c1-16(36)35(13-12-34(2)3)20-8-6-19(7-9-20)32-26(17-4-11-23-24(14-17)39-28(30,31)38-23)25-21-10-5-18(29)15-22(21)33-27(25)37/h4-11,14-15,32H,12-13H2,1-3H3,(H,33,37)/b26-25-. The zero-order chi connectivity index (χ0) is 27.9. The highest BCUT2D eigenvalue weighted by Crippen LogP contribution is 2.44. The van der Waals surface area contributed by atoms with Crippen LogP contribution in [0.2, 0.25) is 5.02 Å². The van der Waals surface area contributed by atoms with Crippen LogP contribution in [0.15, 0.2) is 60.7 Å². The molecule has 3 aromatic carbocycles. The second kappa shape index (κ2) is 10.2. The molecule has 0 saturated carbocycles. The van der Waals surface area contributed by atoms with Crippen LogP contribution in [0.4, 0.5) is 25.8 Å². The molecule has 0 unspecified atom stereocenters. The largest absolute Gasteiger partial charge is 0.586 e. The molecule has 0 fully saturated rings. The molecule has 0 atom stereocenters. The summed E-state index contributed by atoms with van der Waals surface area (Å²) in [6, 6.07) is 16.5. The fourth-order valence-corrected chi connectivity index (χ4v) is 4.59. The summed E-state index contributed by atoms with van der Waals surface area (Å²) >= 11 is 6.12. The highest BCUT2D eigenvalue weighted by atomic mass is 35.5. The van der Waals surface area contributed by atoms with Gasteiger partial charge in [0.05, 0.1) is 17.0 Å². The van der Waals surface area contributed by atoms with E-state index in [1.54, 1.807) is 53.4 Å². The molecule has 0 aliphatic carbocycles. The maximum atomic E-state index is 13.7. The van der Waals surface area contributed by atoms with Crippen molar-refractivity contribution in [2.75, 3.05) is 42.7 Å². The van der Waals surface area contributed by atoms with Crippen LogP contribution < -0.4 is 25.0 Å². The lowest BCUT2D eigenvalue weighted by atomic mass is 9.99. The third kappa shape index (κ3) is 5.52. The first-order chi connectivity index (χ1) is 18.5. The van der Waals surface area contributed by atoms with E-state index in [9.17, 15) is 18.4 Å². The Kier molecular flexibility index (Phi) is 6.92. The first-order valence-corrected chi connectivity index (χ1v) is 12.4. The highest BCUT2D eigenvalue weighted by Gasteiger charge is 2.43. The second-order valence-electron chi connectivity index (χ2n) is 9.37. The number of halogens is 3. The number of alkyl halides is 2. The summed E-state index contributed by atoms with van der Waals surface area (Å²) < 4.78 is 36.6. The van der Waals surface area contributed by atoms with Crippen molar-refractivity contribution in [3.8, 4) is 11.5 Å². The summed E-state index contributed by atoms with van der Waals surface area (Å²) in [5.74, 6) is -0.737. The van der Waals surface area contributed by atoms with E-state index in [0.717, 1.165) is 0 Å². The number of hydrogen-bond donors (Lipinski definition) is 2. The molecular formula is C28H25ClF2N4O4. The third-order valence-corrected chi connectivity index (χ3v) is 6.50. The van der Waals surface area contributed by atoms with Gasteiger partial charge in [-0.25, -0.2) is 0 Å². The Morgan fingerprint density at radius 2 is 1.72 bits per heavy atom. The Morgan fingerprint density at radius 1 is 1.00 bits per heavy atom. The van der Waals surface area contributed by atoms with E-state index >= 15 is 0 Å². The number of likely N-dealkylation sites (N-methyl/N-ethyl adjacent to an activating group) is 1. The van der Waals surface area contributed by atoms with Gasteiger partial charge in [0.25, 0.3) is 5.91 Å². The molecule has 0 aromatic heterocycles. The van der Waals surface area contributed by atoms with Gasteiger partial charge in [0.2, 0.25) is 5.91 Å². The van der Waals surface area contributed by atoms with Gasteiger partial charge in [-0.3, -0.25) is 9.59 Å². The zero-order valence-electron chi connectivity index (χ0n) is 21.3. The van der Waals surface area contributed by atoms with Gasteiger partial charge in [-0.05, 0) is 68.7 Å². The Balaban J connectivity index is 1.55. The summed E-state index contributed by atoms with van der Waals surface area (Å²) in [5, 5.41) is 6.53. The minimum Gasteiger partial charge on any atom is -0.395 e. The van der Waals surface area contributed by atoms with Crippen LogP contribution in [0.5, 0.6) is 11.5 Å². The van der Waals surface area contributed by atoms with Crippen LogP contribution in [0.3, 0.4) is 0 Å². The molecule has 0 bridgehead atoms. The van der Waals surface area contributed by atoms with Crippen LogP contribution in [0.1, 0.15) is 18.1 Å². The monoisotopic (exact) mass is 554 g/mol. The molecule has 0 saturated heterocycles. The minimum atomic E-state index is -3.78. The van der Waals surface area contributed by atoms with E-state index in [4.69, 9.17) is 11.6 Å². The SMILES string of the molecule is CC(=O)N(CCN(C)C)c1ccc(N/C(=C2\C(=O)Nc3cc(Cl)ccc32)c2ccc3c(c2)OC(F)(F)O3)cc1. The number of carbonyl (C=O) groups excluding carboxylic acids is 2. The summed E-state index contributed by atoms with van der Waals surface area (Å²) in [7, 11) is 3.87. The molecule has 0 radical (unpaired) electrons. The van der Waals surface area contributed by atoms with E-state index in [1.807, 2.05) is 19.0 Å². The van der Waals surface area contributed by atoms with Gasteiger partial charge >= 0.3 is 6.29 Å². The summed E-state index contributed by atoms with van der Waals surface area (Å²) in [4.78, 5) is 29.1. The molecule has 0 spiro atoms. The molecule has 39 heavy (non-hydrogen) atoms. The molecule has 11 heteroatoms. The first-order valence-electron chi connectivity index (χ1n) is 12.1. The molecule has 5 rings (SSSR count). The first kappa shape index (κ1) is 26.5. The molecule has 2 aliphatic heterocycles.